The number of rotatable bonds is 6. The molecule has 3 N–H and O–H groups in total. The fourth-order valence-corrected chi connectivity index (χ4v) is 1.59. The highest BCUT2D eigenvalue weighted by Crippen LogP contribution is 2.36. The Balaban J connectivity index is 2.75. The minimum absolute atomic E-state index is 0.0458. The summed E-state index contributed by atoms with van der Waals surface area (Å²) in [5, 5.41) is 2.44. The molecule has 0 spiro atoms. The van der Waals surface area contributed by atoms with Crippen LogP contribution in [0.3, 0.4) is 0 Å². The molecule has 1 atom stereocenters. The third-order valence-corrected chi connectivity index (χ3v) is 3.24. The smallest absolute Gasteiger partial charge is 0.419 e. The van der Waals surface area contributed by atoms with Crippen LogP contribution in [0.15, 0.2) is 24.3 Å². The van der Waals surface area contributed by atoms with Gasteiger partial charge in [-0.3, -0.25) is 9.59 Å². The summed E-state index contributed by atoms with van der Waals surface area (Å²) in [4.78, 5) is 23.1. The number of hydrogen-bond donors (Lipinski definition) is 2. The van der Waals surface area contributed by atoms with Crippen LogP contribution < -0.4 is 15.8 Å². The standard InChI is InChI=1S/C15H19F3N2O3/c1-9(12(21)20-8-14(2,3)13(19)22)23-11-7-5-4-6-10(11)15(16,17)18/h4-7,9H,8H2,1-3H3,(H2,19,22)(H,20,21)/t9-/m1/s1. The van der Waals surface area contributed by atoms with E-state index in [1.807, 2.05) is 0 Å². The van der Waals surface area contributed by atoms with Crippen LogP contribution in [-0.4, -0.2) is 24.5 Å². The SMILES string of the molecule is C[C@@H](Oc1ccccc1C(F)(F)F)C(=O)NCC(C)(C)C(N)=O. The van der Waals surface area contributed by atoms with E-state index in [1.54, 1.807) is 13.8 Å². The molecule has 0 aliphatic heterocycles. The van der Waals surface area contributed by atoms with Crippen molar-refractivity contribution in [2.24, 2.45) is 11.1 Å². The maximum atomic E-state index is 12.9. The lowest BCUT2D eigenvalue weighted by Crippen LogP contribution is -2.45. The minimum atomic E-state index is -4.58. The van der Waals surface area contributed by atoms with Gasteiger partial charge in [0.25, 0.3) is 5.91 Å². The fourth-order valence-electron chi connectivity index (χ4n) is 1.59. The lowest BCUT2D eigenvalue weighted by atomic mass is 9.93. The van der Waals surface area contributed by atoms with Crippen molar-refractivity contribution in [3.8, 4) is 5.75 Å². The van der Waals surface area contributed by atoms with Gasteiger partial charge in [0.2, 0.25) is 5.91 Å². The number of ether oxygens (including phenoxy) is 1. The molecule has 0 bridgehead atoms. The molecule has 0 fully saturated rings. The predicted molar refractivity (Wildman–Crippen MR) is 77.5 cm³/mol. The summed E-state index contributed by atoms with van der Waals surface area (Å²) in [6.45, 7) is 4.36. The molecule has 0 saturated heterocycles. The number of hydrogen-bond acceptors (Lipinski definition) is 3. The highest BCUT2D eigenvalue weighted by atomic mass is 19.4. The third kappa shape index (κ3) is 5.15. The quantitative estimate of drug-likeness (QED) is 0.837. The zero-order chi connectivity index (χ0) is 17.8. The number of primary amides is 1. The Kier molecular flexibility index (Phi) is 5.63. The van der Waals surface area contributed by atoms with Gasteiger partial charge >= 0.3 is 6.18 Å². The van der Waals surface area contributed by atoms with Crippen LogP contribution in [0.1, 0.15) is 26.3 Å². The molecule has 2 amide bonds. The van der Waals surface area contributed by atoms with Crippen LogP contribution in [0.2, 0.25) is 0 Å². The molecule has 0 saturated carbocycles. The summed E-state index contributed by atoms with van der Waals surface area (Å²) in [6, 6.07) is 4.62. The van der Waals surface area contributed by atoms with Crippen LogP contribution in [0.4, 0.5) is 13.2 Å². The number of halogens is 3. The van der Waals surface area contributed by atoms with Gasteiger partial charge < -0.3 is 15.8 Å². The van der Waals surface area contributed by atoms with Gasteiger partial charge in [-0.1, -0.05) is 12.1 Å². The van der Waals surface area contributed by atoms with Crippen molar-refractivity contribution in [2.45, 2.75) is 33.1 Å². The second-order valence-electron chi connectivity index (χ2n) is 5.72. The number of carbonyl (C=O) groups excluding carboxylic acids is 2. The van der Waals surface area contributed by atoms with E-state index in [2.05, 4.69) is 5.32 Å². The minimum Gasteiger partial charge on any atom is -0.480 e. The molecule has 0 radical (unpaired) electrons. The van der Waals surface area contributed by atoms with E-state index in [4.69, 9.17) is 10.5 Å². The molecule has 0 heterocycles. The lowest BCUT2D eigenvalue weighted by Gasteiger charge is -2.23. The second kappa shape index (κ2) is 6.89. The average molecular weight is 332 g/mol. The Morgan fingerprint density at radius 1 is 1.26 bits per heavy atom. The summed E-state index contributed by atoms with van der Waals surface area (Å²) < 4.78 is 43.7. The van der Waals surface area contributed by atoms with Crippen molar-refractivity contribution in [3.05, 3.63) is 29.8 Å². The summed E-state index contributed by atoms with van der Waals surface area (Å²) in [6.07, 6.45) is -5.75. The van der Waals surface area contributed by atoms with Crippen molar-refractivity contribution in [2.75, 3.05) is 6.54 Å². The van der Waals surface area contributed by atoms with E-state index < -0.39 is 40.8 Å². The van der Waals surface area contributed by atoms with Gasteiger partial charge in [0.15, 0.2) is 6.10 Å². The molecule has 0 aliphatic rings. The van der Waals surface area contributed by atoms with Crippen LogP contribution >= 0.6 is 0 Å². The van der Waals surface area contributed by atoms with Crippen molar-refractivity contribution in [3.63, 3.8) is 0 Å². The van der Waals surface area contributed by atoms with Crippen LogP contribution in [0.5, 0.6) is 5.75 Å². The van der Waals surface area contributed by atoms with Crippen LogP contribution in [-0.2, 0) is 15.8 Å². The van der Waals surface area contributed by atoms with Crippen LogP contribution in [0.25, 0.3) is 0 Å². The number of para-hydroxylation sites is 1. The molecule has 1 aromatic rings. The lowest BCUT2D eigenvalue weighted by molar-refractivity contribution is -0.141. The first-order valence-electron chi connectivity index (χ1n) is 6.85. The molecule has 23 heavy (non-hydrogen) atoms. The normalized spacial score (nSPS) is 13.3. The van der Waals surface area contributed by atoms with Crippen molar-refractivity contribution in [1.29, 1.82) is 0 Å². The Morgan fingerprint density at radius 2 is 1.83 bits per heavy atom. The molecule has 8 heteroatoms. The van der Waals surface area contributed by atoms with Gasteiger partial charge in [-0.2, -0.15) is 13.2 Å². The molecule has 128 valence electrons. The number of nitrogens with one attached hydrogen (secondary N) is 1. The van der Waals surface area contributed by atoms with E-state index in [0.717, 1.165) is 12.1 Å². The molecule has 0 aliphatic carbocycles. The highest BCUT2D eigenvalue weighted by Gasteiger charge is 2.35. The Hall–Kier alpha value is -2.25. The average Bonchev–Trinajstić information content (AvgIpc) is 2.44. The van der Waals surface area contributed by atoms with Gasteiger partial charge in [-0.25, -0.2) is 0 Å². The maximum Gasteiger partial charge on any atom is 0.419 e. The van der Waals surface area contributed by atoms with Gasteiger partial charge in [-0.15, -0.1) is 0 Å². The molecule has 0 unspecified atom stereocenters. The van der Waals surface area contributed by atoms with E-state index >= 15 is 0 Å². The maximum absolute atomic E-state index is 12.9. The zero-order valence-electron chi connectivity index (χ0n) is 13.0. The number of benzene rings is 1. The third-order valence-electron chi connectivity index (χ3n) is 3.24. The number of amides is 2. The fraction of sp³-hybridized carbons (Fsp3) is 0.467. The van der Waals surface area contributed by atoms with Gasteiger partial charge in [0.1, 0.15) is 5.75 Å². The van der Waals surface area contributed by atoms with Gasteiger partial charge in [0.05, 0.1) is 11.0 Å². The summed E-state index contributed by atoms with van der Waals surface area (Å²) in [5.41, 5.74) is 3.24. The first-order valence-corrected chi connectivity index (χ1v) is 6.85. The van der Waals surface area contributed by atoms with Gasteiger partial charge in [0, 0.05) is 6.54 Å². The van der Waals surface area contributed by atoms with E-state index in [0.29, 0.717) is 0 Å². The second-order valence-corrected chi connectivity index (χ2v) is 5.72. The molecule has 1 aromatic carbocycles. The largest absolute Gasteiger partial charge is 0.480 e. The van der Waals surface area contributed by atoms with E-state index in [9.17, 15) is 22.8 Å². The number of nitrogens with two attached hydrogens (primary N) is 1. The molecule has 5 nitrogen and oxygen atoms in total. The Morgan fingerprint density at radius 3 is 2.35 bits per heavy atom. The molecular formula is C15H19F3N2O3. The van der Waals surface area contributed by atoms with Crippen molar-refractivity contribution >= 4 is 11.8 Å². The Bertz CT molecular complexity index is 586. The summed E-state index contributed by atoms with van der Waals surface area (Å²) >= 11 is 0. The highest BCUT2D eigenvalue weighted by molar-refractivity contribution is 5.83. The number of alkyl halides is 3. The summed E-state index contributed by atoms with van der Waals surface area (Å²) in [5.74, 6) is -1.68. The van der Waals surface area contributed by atoms with Crippen molar-refractivity contribution in [1.82, 2.24) is 5.32 Å². The van der Waals surface area contributed by atoms with Gasteiger partial charge in [-0.05, 0) is 32.9 Å². The topological polar surface area (TPSA) is 81.4 Å². The van der Waals surface area contributed by atoms with Crippen molar-refractivity contribution < 1.29 is 27.5 Å². The first-order chi connectivity index (χ1) is 10.4. The van der Waals surface area contributed by atoms with E-state index in [1.165, 1.54) is 19.1 Å². The van der Waals surface area contributed by atoms with E-state index in [-0.39, 0.29) is 6.54 Å². The molecule has 0 aromatic heterocycles. The zero-order valence-corrected chi connectivity index (χ0v) is 13.0. The summed E-state index contributed by atoms with van der Waals surface area (Å²) in [7, 11) is 0. The monoisotopic (exact) mass is 332 g/mol. The number of carbonyl (C=O) groups is 2. The predicted octanol–water partition coefficient (Wildman–Crippen LogP) is 2.10. The molecule has 1 rings (SSSR count). The Labute approximate surface area is 132 Å². The molecular weight excluding hydrogens is 313 g/mol. The first kappa shape index (κ1) is 18.8. The van der Waals surface area contributed by atoms with Crippen LogP contribution in [0, 0.1) is 5.41 Å².